The largest absolute Gasteiger partial charge is 0.355 e. The number of hydrogen-bond donors (Lipinski definition) is 2. The molecule has 0 amide bonds. The summed E-state index contributed by atoms with van der Waals surface area (Å²) < 4.78 is 26.0. The quantitative estimate of drug-likeness (QED) is 0.308. The SMILES string of the molecule is CCCS(=O)(=O)N1CCC(NC(=NC)NCC2CCCCN2CC)CC1.I. The van der Waals surface area contributed by atoms with Crippen molar-refractivity contribution in [2.45, 2.75) is 64.5 Å². The molecule has 2 aliphatic rings. The van der Waals surface area contributed by atoms with Gasteiger partial charge in [0, 0.05) is 38.8 Å². The highest BCUT2D eigenvalue weighted by Gasteiger charge is 2.28. The first-order valence-electron chi connectivity index (χ1n) is 10.2. The van der Waals surface area contributed by atoms with E-state index in [9.17, 15) is 8.42 Å². The van der Waals surface area contributed by atoms with Crippen LogP contribution in [-0.2, 0) is 10.0 Å². The summed E-state index contributed by atoms with van der Waals surface area (Å²) in [7, 11) is -1.27. The molecule has 0 bridgehead atoms. The number of nitrogens with one attached hydrogen (secondary N) is 2. The van der Waals surface area contributed by atoms with E-state index in [1.54, 1.807) is 11.4 Å². The van der Waals surface area contributed by atoms with Gasteiger partial charge in [-0.3, -0.25) is 9.89 Å². The van der Waals surface area contributed by atoms with E-state index in [4.69, 9.17) is 0 Å². The summed E-state index contributed by atoms with van der Waals surface area (Å²) in [4.78, 5) is 6.90. The summed E-state index contributed by atoms with van der Waals surface area (Å²) in [6, 6.07) is 0.858. The predicted octanol–water partition coefficient (Wildman–Crippen LogP) is 1.85. The molecule has 0 saturated carbocycles. The summed E-state index contributed by atoms with van der Waals surface area (Å²) >= 11 is 0. The first-order valence-corrected chi connectivity index (χ1v) is 11.8. The second-order valence-electron chi connectivity index (χ2n) is 7.36. The molecule has 0 aromatic carbocycles. The third-order valence-electron chi connectivity index (χ3n) is 5.53. The Labute approximate surface area is 182 Å². The molecule has 2 rings (SSSR count). The standard InChI is InChI=1S/C18H37N5O2S.HI/c1-4-14-26(24,25)23-12-9-16(10-13-23)21-18(19-3)20-15-17-8-6-7-11-22(17)5-2;/h16-17H,4-15H2,1-3H3,(H2,19,20,21);1H. The average molecular weight is 516 g/mol. The molecule has 0 aliphatic carbocycles. The number of likely N-dealkylation sites (N-methyl/N-ethyl adjacent to an activating group) is 1. The average Bonchev–Trinajstić information content (AvgIpc) is 2.65. The third kappa shape index (κ3) is 7.66. The molecule has 7 nitrogen and oxygen atoms in total. The van der Waals surface area contributed by atoms with E-state index < -0.39 is 10.0 Å². The number of rotatable bonds is 7. The van der Waals surface area contributed by atoms with E-state index in [1.807, 2.05) is 6.92 Å². The van der Waals surface area contributed by atoms with Gasteiger partial charge in [0.2, 0.25) is 10.0 Å². The van der Waals surface area contributed by atoms with Crippen molar-refractivity contribution in [2.24, 2.45) is 4.99 Å². The third-order valence-corrected chi connectivity index (χ3v) is 7.61. The Bertz CT molecular complexity index is 550. The Kier molecular flexibility index (Phi) is 11.5. The second kappa shape index (κ2) is 12.4. The fraction of sp³-hybridized carbons (Fsp3) is 0.944. The van der Waals surface area contributed by atoms with E-state index in [-0.39, 0.29) is 35.8 Å². The van der Waals surface area contributed by atoms with Crippen LogP contribution in [0.5, 0.6) is 0 Å². The van der Waals surface area contributed by atoms with Gasteiger partial charge in [-0.05, 0) is 45.2 Å². The van der Waals surface area contributed by atoms with E-state index in [1.165, 1.54) is 25.8 Å². The summed E-state index contributed by atoms with van der Waals surface area (Å²) in [6.45, 7) is 8.55. The van der Waals surface area contributed by atoms with Gasteiger partial charge in [-0.15, -0.1) is 24.0 Å². The van der Waals surface area contributed by atoms with E-state index in [0.717, 1.165) is 31.9 Å². The lowest BCUT2D eigenvalue weighted by Crippen LogP contribution is -2.53. The molecular weight excluding hydrogens is 477 g/mol. The van der Waals surface area contributed by atoms with Crippen LogP contribution in [0.15, 0.2) is 4.99 Å². The zero-order valence-corrected chi connectivity index (χ0v) is 20.3. The van der Waals surface area contributed by atoms with E-state index in [0.29, 0.717) is 25.6 Å². The monoisotopic (exact) mass is 515 g/mol. The smallest absolute Gasteiger partial charge is 0.214 e. The van der Waals surface area contributed by atoms with Crippen molar-refractivity contribution in [2.75, 3.05) is 45.5 Å². The van der Waals surface area contributed by atoms with Gasteiger partial charge in [0.25, 0.3) is 0 Å². The second-order valence-corrected chi connectivity index (χ2v) is 9.45. The zero-order chi connectivity index (χ0) is 19.0. The van der Waals surface area contributed by atoms with Crippen molar-refractivity contribution in [1.82, 2.24) is 19.8 Å². The zero-order valence-electron chi connectivity index (χ0n) is 17.1. The molecule has 2 heterocycles. The van der Waals surface area contributed by atoms with Crippen molar-refractivity contribution in [3.8, 4) is 0 Å². The fourth-order valence-electron chi connectivity index (χ4n) is 3.98. The number of sulfonamides is 1. The molecule has 27 heavy (non-hydrogen) atoms. The van der Waals surface area contributed by atoms with Gasteiger partial charge in [-0.2, -0.15) is 0 Å². The number of piperidine rings is 2. The Morgan fingerprint density at radius 2 is 1.81 bits per heavy atom. The van der Waals surface area contributed by atoms with Gasteiger partial charge in [0.1, 0.15) is 0 Å². The van der Waals surface area contributed by atoms with Crippen LogP contribution in [0.1, 0.15) is 52.4 Å². The van der Waals surface area contributed by atoms with Gasteiger partial charge in [-0.1, -0.05) is 20.3 Å². The van der Waals surface area contributed by atoms with Crippen LogP contribution in [-0.4, -0.2) is 81.2 Å². The first kappa shape index (κ1) is 24.9. The molecule has 0 radical (unpaired) electrons. The molecule has 0 spiro atoms. The summed E-state index contributed by atoms with van der Waals surface area (Å²) in [5, 5.41) is 6.96. The van der Waals surface area contributed by atoms with Crippen LogP contribution in [0.3, 0.4) is 0 Å². The maximum atomic E-state index is 12.2. The van der Waals surface area contributed by atoms with Gasteiger partial charge < -0.3 is 10.6 Å². The highest BCUT2D eigenvalue weighted by atomic mass is 127. The number of aliphatic imine (C=N–C) groups is 1. The molecule has 9 heteroatoms. The Hall–Kier alpha value is -0.130. The van der Waals surface area contributed by atoms with E-state index in [2.05, 4.69) is 27.4 Å². The highest BCUT2D eigenvalue weighted by Crippen LogP contribution is 2.16. The molecule has 2 N–H and O–H groups in total. The lowest BCUT2D eigenvalue weighted by molar-refractivity contribution is 0.157. The van der Waals surface area contributed by atoms with Crippen molar-refractivity contribution in [3.63, 3.8) is 0 Å². The lowest BCUT2D eigenvalue weighted by Gasteiger charge is -2.36. The van der Waals surface area contributed by atoms with E-state index >= 15 is 0 Å². The Morgan fingerprint density at radius 1 is 1.11 bits per heavy atom. The molecule has 2 saturated heterocycles. The molecule has 0 aromatic heterocycles. The van der Waals surface area contributed by atoms with Crippen LogP contribution in [0.2, 0.25) is 0 Å². The number of halogens is 1. The Morgan fingerprint density at radius 3 is 2.41 bits per heavy atom. The van der Waals surface area contributed by atoms with Crippen molar-refractivity contribution in [3.05, 3.63) is 0 Å². The topological polar surface area (TPSA) is 77.0 Å². The summed E-state index contributed by atoms with van der Waals surface area (Å²) in [5.41, 5.74) is 0. The molecular formula is C18H38IN5O2S. The normalized spacial score (nSPS) is 23.7. The minimum Gasteiger partial charge on any atom is -0.355 e. The van der Waals surface area contributed by atoms with Gasteiger partial charge >= 0.3 is 0 Å². The van der Waals surface area contributed by atoms with Crippen LogP contribution in [0.25, 0.3) is 0 Å². The Balaban J connectivity index is 0.00000364. The van der Waals surface area contributed by atoms with Crippen LogP contribution in [0.4, 0.5) is 0 Å². The maximum Gasteiger partial charge on any atom is 0.214 e. The van der Waals surface area contributed by atoms with Crippen molar-refractivity contribution >= 4 is 40.0 Å². The van der Waals surface area contributed by atoms with Crippen LogP contribution >= 0.6 is 24.0 Å². The molecule has 0 aromatic rings. The summed E-state index contributed by atoms with van der Waals surface area (Å²) in [5.74, 6) is 1.09. The highest BCUT2D eigenvalue weighted by molar-refractivity contribution is 14.0. The molecule has 160 valence electrons. The minimum absolute atomic E-state index is 0. The fourth-order valence-corrected chi connectivity index (χ4v) is 5.52. The van der Waals surface area contributed by atoms with Gasteiger partial charge in [0.05, 0.1) is 5.75 Å². The van der Waals surface area contributed by atoms with Crippen LogP contribution < -0.4 is 10.6 Å². The number of likely N-dealkylation sites (tertiary alicyclic amines) is 1. The summed E-state index contributed by atoms with van der Waals surface area (Å²) in [6.07, 6.45) is 6.18. The van der Waals surface area contributed by atoms with Gasteiger partial charge in [0.15, 0.2) is 5.96 Å². The molecule has 1 unspecified atom stereocenters. The molecule has 1 atom stereocenters. The van der Waals surface area contributed by atoms with Crippen molar-refractivity contribution in [1.29, 1.82) is 0 Å². The molecule has 2 fully saturated rings. The minimum atomic E-state index is -3.07. The van der Waals surface area contributed by atoms with Gasteiger partial charge in [-0.25, -0.2) is 12.7 Å². The lowest BCUT2D eigenvalue weighted by atomic mass is 10.0. The molecule has 2 aliphatic heterocycles. The number of nitrogens with zero attached hydrogens (tertiary/aromatic N) is 3. The van der Waals surface area contributed by atoms with Crippen LogP contribution in [0, 0.1) is 0 Å². The first-order chi connectivity index (χ1) is 12.5. The maximum absolute atomic E-state index is 12.2. The number of hydrogen-bond acceptors (Lipinski definition) is 4. The predicted molar refractivity (Wildman–Crippen MR) is 123 cm³/mol. The van der Waals surface area contributed by atoms with Crippen molar-refractivity contribution < 1.29 is 8.42 Å². The number of guanidine groups is 1.